The number of carbonyl (C=O) groups excluding carboxylic acids is 2. The van der Waals surface area contributed by atoms with Gasteiger partial charge in [0.05, 0.1) is 44.3 Å². The van der Waals surface area contributed by atoms with Crippen LogP contribution in [0.2, 0.25) is 0 Å². The van der Waals surface area contributed by atoms with Gasteiger partial charge in [0.2, 0.25) is 0 Å². The molecule has 0 radical (unpaired) electrons. The van der Waals surface area contributed by atoms with Crippen LogP contribution in [0.4, 0.5) is 17.6 Å². The van der Waals surface area contributed by atoms with E-state index in [0.717, 1.165) is 85.8 Å². The molecule has 2 aromatic carbocycles. The van der Waals surface area contributed by atoms with Gasteiger partial charge in [-0.05, 0) is 78.1 Å². The van der Waals surface area contributed by atoms with E-state index in [4.69, 9.17) is 13.1 Å². The van der Waals surface area contributed by atoms with E-state index in [-0.39, 0.29) is 55.7 Å². The normalized spacial score (nSPS) is 19.3. The summed E-state index contributed by atoms with van der Waals surface area (Å²) in [4.78, 5) is 37.5. The van der Waals surface area contributed by atoms with Crippen molar-refractivity contribution in [3.63, 3.8) is 0 Å². The lowest BCUT2D eigenvalue weighted by atomic mass is 9.68. The molecule has 1 saturated carbocycles. The first kappa shape index (κ1) is 36.1. The first-order chi connectivity index (χ1) is 28.0. The molecule has 4 aromatic heterocycles. The molecule has 4 heterocycles. The Labute approximate surface area is 342 Å². The number of hydrogen-bond acceptors (Lipinski definition) is 8. The Bertz CT molecular complexity index is 3270. The van der Waals surface area contributed by atoms with Gasteiger partial charge in [-0.2, -0.15) is 0 Å². The molecule has 0 aliphatic heterocycles. The number of carbonyl (C=O) groups is 2. The lowest BCUT2D eigenvalue weighted by Gasteiger charge is -2.35. The van der Waals surface area contributed by atoms with Gasteiger partial charge >= 0.3 is 0 Å². The van der Waals surface area contributed by atoms with Crippen molar-refractivity contribution in [2.75, 3.05) is 0 Å². The largest absolute Gasteiger partial charge is 0.289 e. The highest BCUT2D eigenvalue weighted by Crippen LogP contribution is 2.65. The summed E-state index contributed by atoms with van der Waals surface area (Å²) in [5.74, 6) is -5.96. The van der Waals surface area contributed by atoms with Gasteiger partial charge in [-0.15, -0.1) is 45.3 Å². The highest BCUT2D eigenvalue weighted by molar-refractivity contribution is 7.40. The van der Waals surface area contributed by atoms with Crippen LogP contribution in [0.5, 0.6) is 0 Å². The van der Waals surface area contributed by atoms with Gasteiger partial charge in [0.1, 0.15) is 0 Å². The minimum absolute atomic E-state index is 0.00598. The highest BCUT2D eigenvalue weighted by atomic mass is 32.1. The number of fused-ring (bicyclic) bond motifs is 11. The van der Waals surface area contributed by atoms with Crippen molar-refractivity contribution < 1.29 is 27.2 Å². The van der Waals surface area contributed by atoms with Crippen LogP contribution in [0.25, 0.3) is 61.5 Å². The summed E-state index contributed by atoms with van der Waals surface area (Å²) in [5.41, 5.74) is 1.20. The molecular weight excluding hydrogens is 821 g/mol. The molecule has 0 N–H and O–H groups in total. The molecule has 58 heavy (non-hydrogen) atoms. The second kappa shape index (κ2) is 12.9. The molecule has 10 rings (SSSR count). The van der Waals surface area contributed by atoms with Crippen LogP contribution in [0, 0.1) is 59.1 Å². The maximum Gasteiger partial charge on any atom is 0.270 e. The van der Waals surface area contributed by atoms with Crippen LogP contribution in [-0.2, 0) is 5.41 Å². The summed E-state index contributed by atoms with van der Waals surface area (Å²) in [6, 6.07) is 11.0. The Balaban J connectivity index is 1.11. The maximum absolute atomic E-state index is 14.4. The minimum atomic E-state index is -1.20. The molecular formula is C44H18F4N4O2S4. The minimum Gasteiger partial charge on any atom is -0.289 e. The van der Waals surface area contributed by atoms with Crippen molar-refractivity contribution in [2.45, 2.75) is 37.5 Å². The average Bonchev–Trinajstić information content (AvgIpc) is 4.07. The third kappa shape index (κ3) is 4.87. The van der Waals surface area contributed by atoms with E-state index in [9.17, 15) is 37.7 Å². The lowest BCUT2D eigenvalue weighted by molar-refractivity contribution is 0.103. The number of thiophene rings is 4. The third-order valence-corrected chi connectivity index (χ3v) is 16.4. The number of allylic oxidation sites excluding steroid dienone is 6. The van der Waals surface area contributed by atoms with Crippen LogP contribution in [-0.4, -0.2) is 11.6 Å². The Morgan fingerprint density at radius 2 is 1.16 bits per heavy atom. The van der Waals surface area contributed by atoms with Crippen molar-refractivity contribution in [1.82, 2.24) is 0 Å². The molecule has 0 unspecified atom stereocenters. The zero-order valence-corrected chi connectivity index (χ0v) is 32.7. The molecule has 14 heteroatoms. The molecule has 1 spiro atoms. The topological polar surface area (TPSA) is 90.4 Å². The highest BCUT2D eigenvalue weighted by Gasteiger charge is 2.48. The molecule has 0 bridgehead atoms. The van der Waals surface area contributed by atoms with Crippen molar-refractivity contribution in [3.05, 3.63) is 148 Å². The Morgan fingerprint density at radius 3 is 1.67 bits per heavy atom. The van der Waals surface area contributed by atoms with Crippen molar-refractivity contribution in [2.24, 2.45) is 0 Å². The number of Topliss-reactive ketones (excluding diaryl/α,β-unsaturated/α-hetero) is 2. The van der Waals surface area contributed by atoms with Gasteiger partial charge in [0.25, 0.3) is 11.4 Å². The van der Waals surface area contributed by atoms with E-state index in [1.54, 1.807) is 40.9 Å². The zero-order chi connectivity index (χ0) is 40.4. The van der Waals surface area contributed by atoms with E-state index in [0.29, 0.717) is 9.75 Å². The number of nitrogens with zero attached hydrogens (tertiary/aromatic N) is 4. The van der Waals surface area contributed by atoms with Crippen LogP contribution in [0.15, 0.2) is 58.9 Å². The molecule has 6 nitrogen and oxygen atoms in total. The van der Waals surface area contributed by atoms with Gasteiger partial charge in [-0.3, -0.25) is 9.59 Å². The Kier molecular flexibility index (Phi) is 8.02. The number of halogens is 4. The number of ketones is 2. The van der Waals surface area contributed by atoms with E-state index >= 15 is 0 Å². The van der Waals surface area contributed by atoms with Crippen molar-refractivity contribution in [3.8, 4) is 21.9 Å². The van der Waals surface area contributed by atoms with E-state index in [2.05, 4.69) is 15.8 Å². The number of benzene rings is 2. The number of hydrogen-bond donors (Lipinski definition) is 0. The average molecular weight is 839 g/mol. The maximum atomic E-state index is 14.4. The molecule has 0 atom stereocenters. The van der Waals surface area contributed by atoms with Crippen LogP contribution in [0.3, 0.4) is 0 Å². The summed E-state index contributed by atoms with van der Waals surface area (Å²) in [6.07, 6.45) is 8.18. The van der Waals surface area contributed by atoms with Gasteiger partial charge in [-0.25, -0.2) is 37.8 Å². The fourth-order valence-electron chi connectivity index (χ4n) is 8.91. The smallest absolute Gasteiger partial charge is 0.270 e. The first-order valence-electron chi connectivity index (χ1n) is 17.7. The lowest BCUT2D eigenvalue weighted by Crippen LogP contribution is -2.27. The zero-order valence-electron chi connectivity index (χ0n) is 29.4. The van der Waals surface area contributed by atoms with Crippen LogP contribution < -0.4 is 0 Å². The fraction of sp³-hybridized carbons (Fsp3) is 0.136. The second-order valence-electron chi connectivity index (χ2n) is 14.2. The van der Waals surface area contributed by atoms with E-state index in [1.807, 2.05) is 12.1 Å². The number of nitriles is 2. The quantitative estimate of drug-likeness (QED) is 0.0752. The van der Waals surface area contributed by atoms with Gasteiger partial charge in [0.15, 0.2) is 34.8 Å². The number of rotatable bonds is 2. The fourth-order valence-corrected chi connectivity index (χ4v) is 14.7. The summed E-state index contributed by atoms with van der Waals surface area (Å²) in [7, 11) is 0. The predicted molar refractivity (Wildman–Crippen MR) is 218 cm³/mol. The summed E-state index contributed by atoms with van der Waals surface area (Å²) in [5, 5.41) is 19.5. The van der Waals surface area contributed by atoms with Crippen molar-refractivity contribution in [1.29, 1.82) is 10.5 Å². The third-order valence-electron chi connectivity index (χ3n) is 11.3. The summed E-state index contributed by atoms with van der Waals surface area (Å²) >= 11 is 6.25. The Morgan fingerprint density at radius 1 is 0.638 bits per heavy atom. The predicted octanol–water partition coefficient (Wildman–Crippen LogP) is 12.9. The summed E-state index contributed by atoms with van der Waals surface area (Å²) in [6.45, 7) is 15.2. The monoisotopic (exact) mass is 838 g/mol. The van der Waals surface area contributed by atoms with Gasteiger partial charge in [-0.1, -0.05) is 19.3 Å². The SMILES string of the molecule is [C-]#[N+]C(C#N)=C1/C(=C\c2cc3sc4c5c(sc4c3s2)-c2sc(/C=C3\C(=O)c4cc(F)c(F)cc4\C3=C(\C#N)[N+]#[C-])cc2C52CCCCC2)C(=O)c2cc(F)c(F)cc21. The van der Waals surface area contributed by atoms with Crippen molar-refractivity contribution >= 4 is 99.0 Å². The van der Waals surface area contributed by atoms with E-state index < -0.39 is 40.5 Å². The molecule has 4 aliphatic rings. The second-order valence-corrected chi connectivity index (χ2v) is 18.5. The summed E-state index contributed by atoms with van der Waals surface area (Å²) < 4.78 is 61.6. The molecule has 278 valence electrons. The molecule has 6 aromatic rings. The molecule has 0 amide bonds. The molecule has 1 fully saturated rings. The van der Waals surface area contributed by atoms with E-state index in [1.165, 1.54) is 32.9 Å². The van der Waals surface area contributed by atoms with Gasteiger partial charge < -0.3 is 0 Å². The van der Waals surface area contributed by atoms with Crippen LogP contribution >= 0.6 is 45.3 Å². The Hall–Kier alpha value is -6.26. The molecule has 0 saturated heterocycles. The van der Waals surface area contributed by atoms with Gasteiger partial charge in [0, 0.05) is 63.7 Å². The van der Waals surface area contributed by atoms with Crippen LogP contribution in [0.1, 0.15) is 84.8 Å². The first-order valence-corrected chi connectivity index (χ1v) is 21.0. The molecule has 4 aliphatic carbocycles. The standard InChI is InChI=1S/C44H18F4N4O2S4/c1-51-31(16-49)34-20-12-27(45)29(47)14-22(20)37(53)24(34)8-18-10-26-39(55-18)41-36(44(26)6-4-3-5-7-44)42-43(58-41)40-33(57-42)11-19(56-40)9-25-35(32(17-50)52-2)21-13-28(46)30(48)15-23(21)38(25)54/h8-15H,3-7H2/b24-8-,25-9+,34-31+,35-32?.